The van der Waals surface area contributed by atoms with E-state index < -0.39 is 23.8 Å². The Morgan fingerprint density at radius 3 is 2.66 bits per heavy atom. The van der Waals surface area contributed by atoms with E-state index in [9.17, 15) is 14.7 Å². The molecule has 2 aromatic rings. The lowest BCUT2D eigenvalue weighted by Crippen LogP contribution is -2.44. The molecule has 0 saturated carbocycles. The van der Waals surface area contributed by atoms with Gasteiger partial charge in [0.2, 0.25) is 12.5 Å². The molecule has 0 aliphatic carbocycles. The van der Waals surface area contributed by atoms with Gasteiger partial charge in [-0.2, -0.15) is 0 Å². The van der Waals surface area contributed by atoms with Crippen LogP contribution < -0.4 is 14.2 Å². The summed E-state index contributed by atoms with van der Waals surface area (Å²) in [6.45, 7) is 5.38. The second-order valence-corrected chi connectivity index (χ2v) is 9.46. The summed E-state index contributed by atoms with van der Waals surface area (Å²) in [6.07, 6.45) is 5.84. The first-order chi connectivity index (χ1) is 18.5. The van der Waals surface area contributed by atoms with Crippen LogP contribution in [0.15, 0.2) is 30.6 Å². The molecular weight excluding hydrogens is 492 g/mol. The molecule has 1 aromatic carbocycles. The third-order valence-corrected chi connectivity index (χ3v) is 6.92. The number of carboxylic acids is 1. The van der Waals surface area contributed by atoms with Gasteiger partial charge >= 0.3 is 5.97 Å². The highest BCUT2D eigenvalue weighted by molar-refractivity contribution is 5.78. The Hall–Kier alpha value is -3.44. The summed E-state index contributed by atoms with van der Waals surface area (Å²) in [6, 6.07) is 4.95. The van der Waals surface area contributed by atoms with Crippen molar-refractivity contribution in [2.45, 2.75) is 51.5 Å². The molecule has 1 saturated heterocycles. The van der Waals surface area contributed by atoms with Gasteiger partial charge in [0.15, 0.2) is 11.5 Å². The number of carbonyl (C=O) groups excluding carboxylic acids is 1. The predicted molar refractivity (Wildman–Crippen MR) is 137 cm³/mol. The van der Waals surface area contributed by atoms with E-state index in [1.165, 1.54) is 12.2 Å². The molecule has 206 valence electrons. The number of hydroxylamine groups is 2. The largest absolute Gasteiger partial charge is 0.493 e. The highest BCUT2D eigenvalue weighted by atomic mass is 16.7. The van der Waals surface area contributed by atoms with Crippen molar-refractivity contribution in [2.75, 3.05) is 40.1 Å². The number of nitrogens with zero attached hydrogens (tertiary/aromatic N) is 4. The minimum absolute atomic E-state index is 0.0476. The van der Waals surface area contributed by atoms with Crippen LogP contribution in [-0.2, 0) is 20.8 Å². The fraction of sp³-hybridized carbons (Fsp3) is 0.556. The summed E-state index contributed by atoms with van der Waals surface area (Å²) in [4.78, 5) is 42.3. The van der Waals surface area contributed by atoms with Gasteiger partial charge in [0.05, 0.1) is 26.2 Å². The van der Waals surface area contributed by atoms with Crippen LogP contribution in [0, 0.1) is 5.92 Å². The second kappa shape index (κ2) is 12.9. The van der Waals surface area contributed by atoms with Crippen LogP contribution >= 0.6 is 0 Å². The lowest BCUT2D eigenvalue weighted by molar-refractivity contribution is -0.188. The number of aliphatic carboxylic acids is 1. The lowest BCUT2D eigenvalue weighted by Gasteiger charge is -2.29. The number of ether oxygens (including phenoxy) is 3. The molecule has 0 spiro atoms. The number of carbonyl (C=O) groups is 2. The number of amides is 1. The van der Waals surface area contributed by atoms with E-state index in [2.05, 4.69) is 9.97 Å². The van der Waals surface area contributed by atoms with Crippen molar-refractivity contribution in [3.63, 3.8) is 0 Å². The molecule has 11 heteroatoms. The zero-order valence-corrected chi connectivity index (χ0v) is 22.2. The normalized spacial score (nSPS) is 20.4. The second-order valence-electron chi connectivity index (χ2n) is 9.46. The van der Waals surface area contributed by atoms with Crippen molar-refractivity contribution >= 4 is 11.9 Å². The molecule has 11 nitrogen and oxygen atoms in total. The number of aryl methyl sites for hydroxylation is 1. The van der Waals surface area contributed by atoms with E-state index in [-0.39, 0.29) is 19.2 Å². The molecule has 3 atom stereocenters. The topological polar surface area (TPSA) is 124 Å². The molecule has 1 fully saturated rings. The molecule has 1 N–H and O–H groups in total. The molecule has 2 aliphatic heterocycles. The summed E-state index contributed by atoms with van der Waals surface area (Å²) >= 11 is 0. The van der Waals surface area contributed by atoms with Gasteiger partial charge in [0.25, 0.3) is 5.91 Å². The Morgan fingerprint density at radius 2 is 1.97 bits per heavy atom. The average Bonchev–Trinajstić information content (AvgIpc) is 3.54. The standard InChI is InChI=1S/C27H36N4O7/c1-4-11-31(38-12-5-2)24(32)16-30-15-19(18-13-21(35-3)26-22(14-18)36-17-37-26)25(27(33)34)20(30)7-8-23-28-9-6-10-29-23/h6,9-10,13-14,19-20,25H,4-5,7-8,11-12,15-17H2,1-3H3,(H,33,34)/t19-,20+,25-/m1/s1. The van der Waals surface area contributed by atoms with Gasteiger partial charge < -0.3 is 19.3 Å². The van der Waals surface area contributed by atoms with Crippen LogP contribution in [0.4, 0.5) is 0 Å². The first kappa shape index (κ1) is 27.6. The summed E-state index contributed by atoms with van der Waals surface area (Å²) < 4.78 is 16.6. The van der Waals surface area contributed by atoms with E-state index in [1.54, 1.807) is 18.5 Å². The Labute approximate surface area is 222 Å². The summed E-state index contributed by atoms with van der Waals surface area (Å²) in [5.41, 5.74) is 0.766. The van der Waals surface area contributed by atoms with Crippen LogP contribution in [0.25, 0.3) is 0 Å². The van der Waals surface area contributed by atoms with Crippen LogP contribution in [-0.4, -0.2) is 83.1 Å². The third-order valence-electron chi connectivity index (χ3n) is 6.92. The quantitative estimate of drug-likeness (QED) is 0.388. The zero-order chi connectivity index (χ0) is 27.1. The highest BCUT2D eigenvalue weighted by Gasteiger charge is 2.47. The molecule has 38 heavy (non-hydrogen) atoms. The van der Waals surface area contributed by atoms with Crippen LogP contribution in [0.2, 0.25) is 0 Å². The molecule has 2 aliphatic rings. The molecule has 0 bridgehead atoms. The van der Waals surface area contributed by atoms with Crippen molar-refractivity contribution in [1.82, 2.24) is 19.9 Å². The molecule has 3 heterocycles. The predicted octanol–water partition coefficient (Wildman–Crippen LogP) is 2.90. The molecule has 0 unspecified atom stereocenters. The van der Waals surface area contributed by atoms with Crippen LogP contribution in [0.1, 0.15) is 50.4 Å². The molecule has 1 amide bonds. The molecule has 1 aromatic heterocycles. The van der Waals surface area contributed by atoms with Gasteiger partial charge in [-0.3, -0.25) is 19.3 Å². The van der Waals surface area contributed by atoms with Gasteiger partial charge in [-0.05, 0) is 43.0 Å². The SMILES string of the molecule is CCCON(CCC)C(=O)CN1C[C@H](c2cc(OC)c3c(c2)OCO3)[C@@H](C(=O)O)[C@@H]1CCc1ncccn1. The zero-order valence-electron chi connectivity index (χ0n) is 22.2. The Morgan fingerprint density at radius 1 is 1.18 bits per heavy atom. The number of benzene rings is 1. The third kappa shape index (κ3) is 6.16. The van der Waals surface area contributed by atoms with Crippen molar-refractivity contribution < 1.29 is 33.7 Å². The lowest BCUT2D eigenvalue weighted by atomic mass is 9.83. The van der Waals surface area contributed by atoms with Crippen molar-refractivity contribution in [1.29, 1.82) is 0 Å². The maximum atomic E-state index is 13.3. The van der Waals surface area contributed by atoms with Crippen molar-refractivity contribution in [3.05, 3.63) is 42.0 Å². The number of hydrogen-bond acceptors (Lipinski definition) is 9. The smallest absolute Gasteiger partial charge is 0.308 e. The van der Waals surface area contributed by atoms with E-state index in [0.29, 0.717) is 55.6 Å². The number of aromatic nitrogens is 2. The van der Waals surface area contributed by atoms with E-state index in [0.717, 1.165) is 18.4 Å². The van der Waals surface area contributed by atoms with Crippen LogP contribution in [0.3, 0.4) is 0 Å². The van der Waals surface area contributed by atoms with Gasteiger partial charge in [-0.15, -0.1) is 0 Å². The molecular formula is C27H36N4O7. The Bertz CT molecular complexity index is 1100. The van der Waals surface area contributed by atoms with E-state index in [4.69, 9.17) is 19.0 Å². The average molecular weight is 529 g/mol. The van der Waals surface area contributed by atoms with Crippen LogP contribution in [0.5, 0.6) is 17.2 Å². The number of methoxy groups -OCH3 is 1. The number of likely N-dealkylation sites (tertiary alicyclic amines) is 1. The van der Waals surface area contributed by atoms with Gasteiger partial charge in [-0.25, -0.2) is 15.0 Å². The highest BCUT2D eigenvalue weighted by Crippen LogP contribution is 2.47. The van der Waals surface area contributed by atoms with E-state index >= 15 is 0 Å². The minimum atomic E-state index is -0.923. The fourth-order valence-corrected chi connectivity index (χ4v) is 5.21. The number of hydrogen-bond donors (Lipinski definition) is 1. The number of fused-ring (bicyclic) bond motifs is 1. The van der Waals surface area contributed by atoms with Crippen molar-refractivity contribution in [3.8, 4) is 17.2 Å². The Balaban J connectivity index is 1.64. The van der Waals surface area contributed by atoms with Crippen molar-refractivity contribution in [2.24, 2.45) is 5.92 Å². The Kier molecular flexibility index (Phi) is 9.35. The van der Waals surface area contributed by atoms with Gasteiger partial charge in [0.1, 0.15) is 5.82 Å². The van der Waals surface area contributed by atoms with Gasteiger partial charge in [-0.1, -0.05) is 13.8 Å². The van der Waals surface area contributed by atoms with Gasteiger partial charge in [0, 0.05) is 43.9 Å². The maximum absolute atomic E-state index is 13.3. The fourth-order valence-electron chi connectivity index (χ4n) is 5.21. The summed E-state index contributed by atoms with van der Waals surface area (Å²) in [5.74, 6) is -0.125. The first-order valence-corrected chi connectivity index (χ1v) is 13.1. The summed E-state index contributed by atoms with van der Waals surface area (Å²) in [5, 5.41) is 11.8. The molecule has 0 radical (unpaired) electrons. The monoisotopic (exact) mass is 528 g/mol. The van der Waals surface area contributed by atoms with E-state index in [1.807, 2.05) is 30.9 Å². The maximum Gasteiger partial charge on any atom is 0.308 e. The number of rotatable bonds is 13. The summed E-state index contributed by atoms with van der Waals surface area (Å²) in [7, 11) is 1.54. The first-order valence-electron chi connectivity index (χ1n) is 13.1. The number of carboxylic acid groups (broad SMARTS) is 1. The minimum Gasteiger partial charge on any atom is -0.493 e. The molecule has 4 rings (SSSR count).